The molecule has 124 valence electrons. The van der Waals surface area contributed by atoms with Gasteiger partial charge in [-0.2, -0.15) is 13.7 Å². The topological polar surface area (TPSA) is 143 Å². The first kappa shape index (κ1) is 20.1. The van der Waals surface area contributed by atoms with Crippen LogP contribution in [0.5, 0.6) is 11.5 Å². The number of ether oxygens (including phenoxy) is 2. The highest BCUT2D eigenvalue weighted by molar-refractivity contribution is 7.79. The Morgan fingerprint density at radius 3 is 2.18 bits per heavy atom. The molecule has 10 heteroatoms. The number of nitrogens with two attached hydrogens (primary N) is 1. The van der Waals surface area contributed by atoms with Gasteiger partial charge in [-0.15, -0.1) is 0 Å². The highest BCUT2D eigenvalue weighted by Crippen LogP contribution is 2.34. The van der Waals surface area contributed by atoms with Crippen molar-refractivity contribution in [2.24, 2.45) is 5.73 Å². The molecule has 0 amide bonds. The van der Waals surface area contributed by atoms with Crippen molar-refractivity contribution in [3.05, 3.63) is 23.0 Å². The normalized spacial score (nSPS) is 10.2. The first-order valence-electron chi connectivity index (χ1n) is 6.10. The summed E-state index contributed by atoms with van der Waals surface area (Å²) in [5.74, 6) is -0.449. The van der Waals surface area contributed by atoms with E-state index in [0.29, 0.717) is 18.8 Å². The van der Waals surface area contributed by atoms with E-state index in [9.17, 15) is 4.39 Å². The molecule has 0 radical (unpaired) electrons. The molecule has 0 atom stereocenters. The van der Waals surface area contributed by atoms with Crippen LogP contribution < -0.4 is 15.2 Å². The lowest BCUT2D eigenvalue weighted by atomic mass is 10.1. The Morgan fingerprint density at radius 1 is 1.32 bits per heavy atom. The van der Waals surface area contributed by atoms with Gasteiger partial charge in [0.25, 0.3) is 0 Å². The zero-order chi connectivity index (χ0) is 17.3. The fraction of sp³-hybridized carbons (Fsp3) is 0.417. The van der Waals surface area contributed by atoms with E-state index in [0.717, 1.165) is 0 Å². The monoisotopic (exact) mass is 336 g/mol. The smallest absolute Gasteiger partial charge is 0.394 e. The third kappa shape index (κ3) is 6.68. The van der Waals surface area contributed by atoms with Gasteiger partial charge in [0.2, 0.25) is 0 Å². The lowest BCUT2D eigenvalue weighted by Crippen LogP contribution is -2.07. The average molecular weight is 336 g/mol. The van der Waals surface area contributed by atoms with Crippen LogP contribution in [-0.4, -0.2) is 30.7 Å². The zero-order valence-electron chi connectivity index (χ0n) is 12.0. The molecule has 0 heterocycles. The summed E-state index contributed by atoms with van der Waals surface area (Å²) in [4.78, 5) is 0. The summed E-state index contributed by atoms with van der Waals surface area (Å²) < 4.78 is 56.0. The van der Waals surface area contributed by atoms with Crippen LogP contribution in [0.25, 0.3) is 0 Å². The van der Waals surface area contributed by atoms with E-state index in [1.54, 1.807) is 26.0 Å². The van der Waals surface area contributed by atoms with Crippen LogP contribution in [0.4, 0.5) is 4.39 Å². The van der Waals surface area contributed by atoms with E-state index in [4.69, 9.17) is 38.0 Å². The number of halogens is 1. The second kappa shape index (κ2) is 9.16. The average Bonchev–Trinajstić information content (AvgIpc) is 2.40. The predicted octanol–water partition coefficient (Wildman–Crippen LogP) is 1.30. The minimum atomic E-state index is -4.67. The molecule has 0 bridgehead atoms. The van der Waals surface area contributed by atoms with E-state index in [1.807, 2.05) is 0 Å². The molecule has 0 unspecified atom stereocenters. The number of benzene rings is 1. The molecule has 1 aromatic rings. The summed E-state index contributed by atoms with van der Waals surface area (Å²) >= 11 is 0. The second-order valence-electron chi connectivity index (χ2n) is 3.68. The van der Waals surface area contributed by atoms with Crippen molar-refractivity contribution in [2.75, 3.05) is 13.2 Å². The van der Waals surface area contributed by atoms with Gasteiger partial charge in [0, 0.05) is 6.54 Å². The van der Waals surface area contributed by atoms with E-state index in [1.165, 1.54) is 0 Å². The summed E-state index contributed by atoms with van der Waals surface area (Å²) in [6, 6.07) is 3.34. The second-order valence-corrected chi connectivity index (χ2v) is 4.58. The van der Waals surface area contributed by atoms with Crippen molar-refractivity contribution < 1.29 is 31.4 Å². The van der Waals surface area contributed by atoms with Crippen molar-refractivity contribution in [3.8, 4) is 17.6 Å². The molecule has 0 aliphatic heterocycles. The lowest BCUT2D eigenvalue weighted by Gasteiger charge is -2.14. The molecule has 0 aliphatic carbocycles. The minimum absolute atomic E-state index is 0.0249. The molecule has 0 aromatic heterocycles. The lowest BCUT2D eigenvalue weighted by molar-refractivity contribution is 0.275. The number of rotatable bonds is 5. The molecule has 1 aromatic carbocycles. The Labute approximate surface area is 127 Å². The molecular weight excluding hydrogens is 319 g/mol. The summed E-state index contributed by atoms with van der Waals surface area (Å²) in [5, 5.41) is 8.90. The van der Waals surface area contributed by atoms with Gasteiger partial charge in [0.15, 0.2) is 17.3 Å². The largest absolute Gasteiger partial charge is 0.490 e. The van der Waals surface area contributed by atoms with E-state index < -0.39 is 16.2 Å². The number of hydrogen-bond acceptors (Lipinski definition) is 6. The highest BCUT2D eigenvalue weighted by atomic mass is 32.3. The molecule has 0 saturated heterocycles. The van der Waals surface area contributed by atoms with Gasteiger partial charge in [-0.05, 0) is 25.5 Å². The van der Waals surface area contributed by atoms with Crippen molar-refractivity contribution in [1.82, 2.24) is 0 Å². The number of hydrogen-bond donors (Lipinski definition) is 3. The first-order valence-corrected chi connectivity index (χ1v) is 7.50. The fourth-order valence-electron chi connectivity index (χ4n) is 1.48. The van der Waals surface area contributed by atoms with E-state index in [2.05, 4.69) is 0 Å². The summed E-state index contributed by atoms with van der Waals surface area (Å²) in [7, 11) is -4.67. The molecule has 0 aliphatic rings. The van der Waals surface area contributed by atoms with Crippen LogP contribution >= 0.6 is 0 Å². The highest BCUT2D eigenvalue weighted by Gasteiger charge is 2.19. The van der Waals surface area contributed by atoms with Crippen LogP contribution in [0.3, 0.4) is 0 Å². The van der Waals surface area contributed by atoms with E-state index >= 15 is 0 Å². The minimum Gasteiger partial charge on any atom is -0.490 e. The molecule has 1 rings (SSSR count). The third-order valence-electron chi connectivity index (χ3n) is 2.19. The standard InChI is InChI=1S/C12H15FN2O2.H2O4S/c1-3-16-10-5-8(6-14)9(7-15)11(13)12(10)17-4-2;1-5(2,3)4/h5H,3-4,6,14H2,1-2H3;(H2,1,2,3,4). The van der Waals surface area contributed by atoms with Gasteiger partial charge in [-0.3, -0.25) is 9.11 Å². The molecule has 22 heavy (non-hydrogen) atoms. The maximum absolute atomic E-state index is 14.0. The Hall–Kier alpha value is -1.93. The molecule has 4 N–H and O–H groups in total. The molecule has 0 fully saturated rings. The Morgan fingerprint density at radius 2 is 1.82 bits per heavy atom. The Bertz CT molecular complexity index is 634. The summed E-state index contributed by atoms with van der Waals surface area (Å²) in [5.41, 5.74) is 5.80. The summed E-state index contributed by atoms with van der Waals surface area (Å²) in [6.07, 6.45) is 0. The van der Waals surface area contributed by atoms with E-state index in [-0.39, 0.29) is 23.6 Å². The van der Waals surface area contributed by atoms with Crippen molar-refractivity contribution in [1.29, 1.82) is 5.26 Å². The molecule has 0 saturated carbocycles. The number of nitrogens with zero attached hydrogens (tertiary/aromatic N) is 1. The molecule has 0 spiro atoms. The molecular formula is C12H17FN2O6S. The maximum atomic E-state index is 14.0. The van der Waals surface area contributed by atoms with Gasteiger partial charge in [0.1, 0.15) is 6.07 Å². The van der Waals surface area contributed by atoms with Gasteiger partial charge < -0.3 is 15.2 Å². The fourth-order valence-corrected chi connectivity index (χ4v) is 1.48. The third-order valence-corrected chi connectivity index (χ3v) is 2.19. The van der Waals surface area contributed by atoms with Crippen LogP contribution in [-0.2, 0) is 16.9 Å². The van der Waals surface area contributed by atoms with Crippen LogP contribution in [0, 0.1) is 17.1 Å². The SMILES string of the molecule is CCOc1cc(CN)c(C#N)c(F)c1OCC.O=S(=O)(O)O. The summed E-state index contributed by atoms with van der Waals surface area (Å²) in [6.45, 7) is 4.28. The quantitative estimate of drug-likeness (QED) is 0.683. The van der Waals surface area contributed by atoms with Crippen molar-refractivity contribution in [2.45, 2.75) is 20.4 Å². The van der Waals surface area contributed by atoms with Crippen molar-refractivity contribution >= 4 is 10.4 Å². The first-order chi connectivity index (χ1) is 10.2. The van der Waals surface area contributed by atoms with Gasteiger partial charge in [0.05, 0.1) is 18.8 Å². The predicted molar refractivity (Wildman–Crippen MR) is 75.5 cm³/mol. The van der Waals surface area contributed by atoms with Crippen LogP contribution in [0.1, 0.15) is 25.0 Å². The Kier molecular flexibility index (Phi) is 8.36. The van der Waals surface area contributed by atoms with Gasteiger partial charge in [-0.25, -0.2) is 4.39 Å². The Balaban J connectivity index is 0.000000763. The zero-order valence-corrected chi connectivity index (χ0v) is 12.9. The van der Waals surface area contributed by atoms with Crippen molar-refractivity contribution in [3.63, 3.8) is 0 Å². The number of nitriles is 1. The molecule has 8 nitrogen and oxygen atoms in total. The van der Waals surface area contributed by atoms with Gasteiger partial charge >= 0.3 is 10.4 Å². The van der Waals surface area contributed by atoms with Crippen LogP contribution in [0.15, 0.2) is 6.07 Å². The van der Waals surface area contributed by atoms with Crippen LogP contribution in [0.2, 0.25) is 0 Å². The maximum Gasteiger partial charge on any atom is 0.394 e. The van der Waals surface area contributed by atoms with Gasteiger partial charge in [-0.1, -0.05) is 0 Å².